The molecule has 4 aromatic rings. The number of anilines is 1. The number of hydrogen-bond donors (Lipinski definition) is 1. The Morgan fingerprint density at radius 3 is 2.76 bits per heavy atom. The molecule has 1 amide bonds. The molecule has 0 bridgehead atoms. The molecule has 0 aliphatic rings. The lowest BCUT2D eigenvalue weighted by atomic mass is 10.1. The van der Waals surface area contributed by atoms with E-state index in [4.69, 9.17) is 23.2 Å². The van der Waals surface area contributed by atoms with Gasteiger partial charge in [-0.2, -0.15) is 0 Å². The quantitative estimate of drug-likeness (QED) is 0.211. The molecule has 0 fully saturated rings. The van der Waals surface area contributed by atoms with E-state index in [9.17, 15) is 4.79 Å². The van der Waals surface area contributed by atoms with Crippen LogP contribution in [-0.2, 0) is 17.8 Å². The van der Waals surface area contributed by atoms with Crippen LogP contribution in [0.3, 0.4) is 0 Å². The highest BCUT2D eigenvalue weighted by atomic mass is 35.5. The molecule has 2 aromatic heterocycles. The van der Waals surface area contributed by atoms with Gasteiger partial charge in [0.05, 0.1) is 5.75 Å². The summed E-state index contributed by atoms with van der Waals surface area (Å²) in [5.74, 6) is 0.755. The summed E-state index contributed by atoms with van der Waals surface area (Å²) < 4.78 is 1.94. The zero-order valence-electron chi connectivity index (χ0n) is 17.4. The minimum absolute atomic E-state index is 0.167. The molecule has 2 heterocycles. The molecular formula is C23H19Cl2N5OS2. The van der Waals surface area contributed by atoms with Gasteiger partial charge in [0.15, 0.2) is 16.1 Å². The maximum Gasteiger partial charge on any atom is 0.236 e. The van der Waals surface area contributed by atoms with Gasteiger partial charge in [0.25, 0.3) is 0 Å². The van der Waals surface area contributed by atoms with Crippen molar-refractivity contribution >= 4 is 57.3 Å². The van der Waals surface area contributed by atoms with Crippen LogP contribution >= 0.6 is 46.3 Å². The summed E-state index contributed by atoms with van der Waals surface area (Å²) in [6, 6.07) is 15.2. The van der Waals surface area contributed by atoms with Gasteiger partial charge in [0.1, 0.15) is 0 Å². The van der Waals surface area contributed by atoms with Crippen molar-refractivity contribution < 1.29 is 4.79 Å². The standard InChI is InChI=1S/C23H19Cl2N5OS2/c1-2-10-30-21(15-6-4-3-5-7-15)28-29-23(30)32-14-20(31)27-22-26-13-18(33-22)11-16-8-9-17(24)12-19(16)25/h2-9,12-13H,1,10-11,14H2,(H,26,27,31). The van der Waals surface area contributed by atoms with Gasteiger partial charge in [0.2, 0.25) is 5.91 Å². The fourth-order valence-electron chi connectivity index (χ4n) is 3.08. The molecule has 0 atom stereocenters. The first kappa shape index (κ1) is 23.5. The predicted octanol–water partition coefficient (Wildman–Crippen LogP) is 6.22. The lowest BCUT2D eigenvalue weighted by molar-refractivity contribution is -0.113. The average molecular weight is 516 g/mol. The molecule has 1 N–H and O–H groups in total. The van der Waals surface area contributed by atoms with Gasteiger partial charge in [-0.15, -0.1) is 28.1 Å². The van der Waals surface area contributed by atoms with E-state index in [1.807, 2.05) is 41.0 Å². The number of carbonyl (C=O) groups is 1. The second kappa shape index (κ2) is 11.0. The Morgan fingerprint density at radius 2 is 2.00 bits per heavy atom. The number of allylic oxidation sites excluding steroid dienone is 1. The van der Waals surface area contributed by atoms with Crippen LogP contribution in [0.2, 0.25) is 10.0 Å². The number of halogens is 2. The summed E-state index contributed by atoms with van der Waals surface area (Å²) in [6.07, 6.45) is 4.14. The molecule has 33 heavy (non-hydrogen) atoms. The van der Waals surface area contributed by atoms with Crippen molar-refractivity contribution in [2.75, 3.05) is 11.1 Å². The predicted molar refractivity (Wildman–Crippen MR) is 136 cm³/mol. The van der Waals surface area contributed by atoms with E-state index in [2.05, 4.69) is 27.1 Å². The van der Waals surface area contributed by atoms with E-state index in [-0.39, 0.29) is 11.7 Å². The largest absolute Gasteiger partial charge is 0.301 e. The zero-order valence-corrected chi connectivity index (χ0v) is 20.5. The Labute approximate surface area is 209 Å². The average Bonchev–Trinajstić information content (AvgIpc) is 3.42. The van der Waals surface area contributed by atoms with Crippen LogP contribution in [0.1, 0.15) is 10.4 Å². The minimum Gasteiger partial charge on any atom is -0.301 e. The molecule has 10 heteroatoms. The summed E-state index contributed by atoms with van der Waals surface area (Å²) in [5, 5.41) is 13.8. The van der Waals surface area contributed by atoms with Gasteiger partial charge < -0.3 is 5.32 Å². The topological polar surface area (TPSA) is 72.7 Å². The Balaban J connectivity index is 1.37. The molecule has 0 radical (unpaired) electrons. The highest BCUT2D eigenvalue weighted by Crippen LogP contribution is 2.28. The summed E-state index contributed by atoms with van der Waals surface area (Å²) in [6.45, 7) is 4.36. The van der Waals surface area contributed by atoms with Crippen LogP contribution in [0.4, 0.5) is 5.13 Å². The van der Waals surface area contributed by atoms with Crippen molar-refractivity contribution in [1.82, 2.24) is 19.7 Å². The Morgan fingerprint density at radius 1 is 1.18 bits per heavy atom. The van der Waals surface area contributed by atoms with Crippen LogP contribution in [0.5, 0.6) is 0 Å². The number of rotatable bonds is 9. The molecule has 4 rings (SSSR count). The van der Waals surface area contributed by atoms with E-state index in [0.717, 1.165) is 21.8 Å². The van der Waals surface area contributed by atoms with Gasteiger partial charge in [0, 0.05) is 39.6 Å². The molecule has 2 aromatic carbocycles. The zero-order chi connectivity index (χ0) is 23.2. The maximum absolute atomic E-state index is 12.5. The number of benzene rings is 2. The molecule has 0 spiro atoms. The normalized spacial score (nSPS) is 10.8. The van der Waals surface area contributed by atoms with Crippen LogP contribution in [0.15, 0.2) is 72.5 Å². The van der Waals surface area contributed by atoms with E-state index in [0.29, 0.717) is 33.3 Å². The van der Waals surface area contributed by atoms with E-state index >= 15 is 0 Å². The molecule has 0 aliphatic heterocycles. The molecule has 0 unspecified atom stereocenters. The number of nitrogens with zero attached hydrogens (tertiary/aromatic N) is 4. The van der Waals surface area contributed by atoms with Crippen LogP contribution in [0, 0.1) is 0 Å². The number of thiazole rings is 1. The van der Waals surface area contributed by atoms with Gasteiger partial charge in [-0.3, -0.25) is 9.36 Å². The third-order valence-corrected chi connectivity index (χ3v) is 7.04. The van der Waals surface area contributed by atoms with Crippen LogP contribution in [0.25, 0.3) is 11.4 Å². The molecule has 168 valence electrons. The summed E-state index contributed by atoms with van der Waals surface area (Å²) in [4.78, 5) is 17.8. The lowest BCUT2D eigenvalue weighted by Crippen LogP contribution is -2.14. The lowest BCUT2D eigenvalue weighted by Gasteiger charge is -2.07. The van der Waals surface area contributed by atoms with E-state index in [1.165, 1.54) is 23.1 Å². The first-order valence-corrected chi connectivity index (χ1v) is 12.5. The smallest absolute Gasteiger partial charge is 0.236 e. The maximum atomic E-state index is 12.5. The number of thioether (sulfide) groups is 1. The second-order valence-electron chi connectivity index (χ2n) is 6.95. The molecular weight excluding hydrogens is 497 g/mol. The number of amides is 1. The van der Waals surface area contributed by atoms with Gasteiger partial charge in [-0.05, 0) is 17.7 Å². The monoisotopic (exact) mass is 515 g/mol. The summed E-state index contributed by atoms with van der Waals surface area (Å²) in [7, 11) is 0. The Bertz CT molecular complexity index is 1270. The Hall–Kier alpha value is -2.65. The highest BCUT2D eigenvalue weighted by Gasteiger charge is 2.15. The van der Waals surface area contributed by atoms with Gasteiger partial charge >= 0.3 is 0 Å². The van der Waals surface area contributed by atoms with Crippen LogP contribution in [-0.4, -0.2) is 31.4 Å². The summed E-state index contributed by atoms with van der Waals surface area (Å²) in [5.41, 5.74) is 1.91. The van der Waals surface area contributed by atoms with Crippen LogP contribution < -0.4 is 5.32 Å². The minimum atomic E-state index is -0.167. The van der Waals surface area contributed by atoms with Gasteiger partial charge in [-0.25, -0.2) is 4.98 Å². The summed E-state index contributed by atoms with van der Waals surface area (Å²) >= 11 is 14.9. The fraction of sp³-hybridized carbons (Fsp3) is 0.130. The third-order valence-electron chi connectivity index (χ3n) is 4.57. The fourth-order valence-corrected chi connectivity index (χ4v) is 5.15. The number of hydrogen-bond acceptors (Lipinski definition) is 6. The molecule has 0 aliphatic carbocycles. The Kier molecular flexibility index (Phi) is 7.82. The van der Waals surface area contributed by atoms with Crippen molar-refractivity contribution in [3.05, 3.63) is 87.9 Å². The SMILES string of the molecule is C=CCn1c(SCC(=O)Nc2ncc(Cc3ccc(Cl)cc3Cl)s2)nnc1-c1ccccc1. The van der Waals surface area contributed by atoms with Gasteiger partial charge in [-0.1, -0.05) is 77.4 Å². The van der Waals surface area contributed by atoms with Crippen molar-refractivity contribution in [3.63, 3.8) is 0 Å². The number of aromatic nitrogens is 4. The molecule has 6 nitrogen and oxygen atoms in total. The van der Waals surface area contributed by atoms with Crippen molar-refractivity contribution in [2.45, 2.75) is 18.1 Å². The first-order valence-electron chi connectivity index (χ1n) is 9.94. The number of carbonyl (C=O) groups excluding carboxylic acids is 1. The van der Waals surface area contributed by atoms with Crippen molar-refractivity contribution in [2.24, 2.45) is 0 Å². The third kappa shape index (κ3) is 6.03. The van der Waals surface area contributed by atoms with Crippen molar-refractivity contribution in [3.8, 4) is 11.4 Å². The molecule has 0 saturated carbocycles. The van der Waals surface area contributed by atoms with E-state index in [1.54, 1.807) is 24.4 Å². The molecule has 0 saturated heterocycles. The highest BCUT2D eigenvalue weighted by molar-refractivity contribution is 7.99. The first-order chi connectivity index (χ1) is 16.0. The van der Waals surface area contributed by atoms with E-state index < -0.39 is 0 Å². The van der Waals surface area contributed by atoms with Crippen molar-refractivity contribution in [1.29, 1.82) is 0 Å². The number of nitrogens with one attached hydrogen (secondary N) is 1. The second-order valence-corrected chi connectivity index (χ2v) is 9.85.